The van der Waals surface area contributed by atoms with Crippen molar-refractivity contribution in [1.82, 2.24) is 15.2 Å². The van der Waals surface area contributed by atoms with Crippen molar-refractivity contribution in [3.8, 4) is 23.1 Å². The van der Waals surface area contributed by atoms with Crippen molar-refractivity contribution in [2.45, 2.75) is 31.5 Å². The molecule has 0 aliphatic carbocycles. The van der Waals surface area contributed by atoms with Crippen molar-refractivity contribution < 1.29 is 40.3 Å². The number of nitrogens with one attached hydrogen (secondary N) is 1. The normalized spacial score (nSPS) is 18.6. The minimum absolute atomic E-state index is 0. The van der Waals surface area contributed by atoms with Gasteiger partial charge in [0.25, 0.3) is 0 Å². The minimum atomic E-state index is -0.303. The van der Waals surface area contributed by atoms with Crippen LogP contribution in [-0.4, -0.2) is 47.2 Å². The number of amides is 2. The molecule has 2 aromatic carbocycles. The van der Waals surface area contributed by atoms with Gasteiger partial charge >= 0.3 is 6.09 Å². The zero-order valence-electron chi connectivity index (χ0n) is 18.5. The molecule has 1 radical (unpaired) electrons. The number of benzene rings is 2. The molecule has 0 spiro atoms. The molecule has 0 bridgehead atoms. The third-order valence-corrected chi connectivity index (χ3v) is 5.99. The fourth-order valence-electron chi connectivity index (χ4n) is 4.17. The van der Waals surface area contributed by atoms with Crippen LogP contribution in [0.5, 0.6) is 5.75 Å². The van der Waals surface area contributed by atoms with Crippen LogP contribution in [0.25, 0.3) is 11.3 Å². The molecule has 5 rings (SSSR count). The number of oxazole rings is 1. The van der Waals surface area contributed by atoms with Gasteiger partial charge in [0.05, 0.1) is 23.9 Å². The third kappa shape index (κ3) is 5.31. The first-order valence-electron chi connectivity index (χ1n) is 10.9. The zero-order valence-corrected chi connectivity index (χ0v) is 19.6. The summed E-state index contributed by atoms with van der Waals surface area (Å²) in [6.07, 6.45) is 3.78. The van der Waals surface area contributed by atoms with Crippen LogP contribution >= 0.6 is 0 Å². The SMILES string of the molecule is N#Cc1ccc(CNC(=O)c2[c-]cc(-c3cnco3)c(O[C@H]3CCN4C(=O)OC[C@@H]4C3)c2)cc1.[Co]. The number of rotatable bonds is 6. The summed E-state index contributed by atoms with van der Waals surface area (Å²) < 4.78 is 16.9. The fraction of sp³-hybridized carbons (Fsp3) is 0.280. The molecule has 1 aromatic heterocycles. The van der Waals surface area contributed by atoms with Gasteiger partial charge in [-0.05, 0) is 23.3 Å². The molecule has 9 nitrogen and oxygen atoms in total. The van der Waals surface area contributed by atoms with E-state index in [2.05, 4.69) is 22.4 Å². The van der Waals surface area contributed by atoms with Crippen LogP contribution < -0.4 is 10.1 Å². The summed E-state index contributed by atoms with van der Waals surface area (Å²) in [6.45, 7) is 1.23. The largest absolute Gasteiger partial charge is 0.509 e. The number of hydrogen-bond donors (Lipinski definition) is 1. The Morgan fingerprint density at radius 1 is 1.34 bits per heavy atom. The van der Waals surface area contributed by atoms with Crippen LogP contribution in [0.2, 0.25) is 0 Å². The van der Waals surface area contributed by atoms with Crippen LogP contribution in [0.15, 0.2) is 53.4 Å². The molecule has 3 aromatic rings. The second kappa shape index (κ2) is 10.6. The number of carbonyl (C=O) groups excluding carboxylic acids is 2. The quantitative estimate of drug-likeness (QED) is 0.500. The van der Waals surface area contributed by atoms with Crippen molar-refractivity contribution >= 4 is 12.0 Å². The molecule has 2 fully saturated rings. The van der Waals surface area contributed by atoms with E-state index in [1.807, 2.05) is 0 Å². The molecule has 2 saturated heterocycles. The topological polar surface area (TPSA) is 118 Å². The van der Waals surface area contributed by atoms with Crippen LogP contribution in [-0.2, 0) is 28.1 Å². The molecule has 10 heteroatoms. The summed E-state index contributed by atoms with van der Waals surface area (Å²) in [6, 6.07) is 15.4. The predicted octanol–water partition coefficient (Wildman–Crippen LogP) is 3.30. The monoisotopic (exact) mass is 516 g/mol. The summed E-state index contributed by atoms with van der Waals surface area (Å²) in [5.74, 6) is 0.693. The molecule has 0 saturated carbocycles. The molecule has 2 amide bonds. The summed E-state index contributed by atoms with van der Waals surface area (Å²) in [5.41, 5.74) is 2.40. The average molecular weight is 516 g/mol. The van der Waals surface area contributed by atoms with Crippen LogP contribution in [0.3, 0.4) is 0 Å². The van der Waals surface area contributed by atoms with Gasteiger partial charge in [0.2, 0.25) is 0 Å². The van der Waals surface area contributed by atoms with E-state index in [0.717, 1.165) is 5.56 Å². The van der Waals surface area contributed by atoms with Crippen molar-refractivity contribution in [2.24, 2.45) is 0 Å². The molecule has 2 aliphatic heterocycles. The van der Waals surface area contributed by atoms with Gasteiger partial charge in [-0.1, -0.05) is 23.8 Å². The molecular formula is C25H21CoN4O5-. The Balaban J connectivity index is 0.00000289. The number of nitriles is 1. The van der Waals surface area contributed by atoms with Gasteiger partial charge in [0.15, 0.2) is 12.3 Å². The summed E-state index contributed by atoms with van der Waals surface area (Å²) in [7, 11) is 0. The van der Waals surface area contributed by atoms with Gasteiger partial charge in [0.1, 0.15) is 18.5 Å². The molecule has 2 aliphatic rings. The van der Waals surface area contributed by atoms with E-state index >= 15 is 0 Å². The van der Waals surface area contributed by atoms with Crippen LogP contribution in [0.1, 0.15) is 34.3 Å². The van der Waals surface area contributed by atoms with Crippen molar-refractivity contribution in [3.63, 3.8) is 0 Å². The van der Waals surface area contributed by atoms with Crippen molar-refractivity contribution in [3.05, 3.63) is 71.7 Å². The maximum absolute atomic E-state index is 12.8. The molecule has 181 valence electrons. The van der Waals surface area contributed by atoms with E-state index in [1.54, 1.807) is 47.5 Å². The molecule has 0 unspecified atom stereocenters. The second-order valence-corrected chi connectivity index (χ2v) is 8.17. The number of hydrogen-bond acceptors (Lipinski definition) is 7. The summed E-state index contributed by atoms with van der Waals surface area (Å²) in [4.78, 5) is 30.3. The second-order valence-electron chi connectivity index (χ2n) is 8.17. The fourth-order valence-corrected chi connectivity index (χ4v) is 4.17. The Hall–Kier alpha value is -3.81. The summed E-state index contributed by atoms with van der Waals surface area (Å²) >= 11 is 0. The maximum atomic E-state index is 12.8. The number of nitrogens with zero attached hydrogens (tertiary/aromatic N) is 3. The van der Waals surface area contributed by atoms with Gasteiger partial charge in [-0.15, -0.1) is 12.1 Å². The van der Waals surface area contributed by atoms with E-state index in [1.165, 1.54) is 6.39 Å². The number of piperidine rings is 1. The van der Waals surface area contributed by atoms with Gasteiger partial charge in [0, 0.05) is 48.5 Å². The van der Waals surface area contributed by atoms with E-state index in [9.17, 15) is 9.59 Å². The number of ether oxygens (including phenoxy) is 2. The Morgan fingerprint density at radius 2 is 2.17 bits per heavy atom. The number of carbonyl (C=O) groups is 2. The van der Waals surface area contributed by atoms with E-state index in [4.69, 9.17) is 19.2 Å². The third-order valence-electron chi connectivity index (χ3n) is 5.99. The molecular weight excluding hydrogens is 495 g/mol. The first kappa shape index (κ1) is 24.3. The van der Waals surface area contributed by atoms with E-state index in [0.29, 0.717) is 60.7 Å². The Bertz CT molecular complexity index is 1240. The molecule has 1 N–H and O–H groups in total. The maximum Gasteiger partial charge on any atom is 0.410 e. The first-order valence-corrected chi connectivity index (χ1v) is 10.9. The number of cyclic esters (lactones) is 1. The smallest absolute Gasteiger partial charge is 0.410 e. The summed E-state index contributed by atoms with van der Waals surface area (Å²) in [5, 5.41) is 11.8. The Kier molecular flexibility index (Phi) is 7.38. The standard InChI is InChI=1S/C25H21N4O5.Co/c26-11-16-1-3-17(4-2-16)12-28-24(30)18-5-6-21(23-13-27-15-33-23)22(9-18)34-20-7-8-29-19(10-20)14-32-25(29)31;/h1-4,6,9,13,15,19-20H,7-8,10,12,14H2,(H,28,30);/q-1;/t19-,20-;/m0./s1. The van der Waals surface area contributed by atoms with E-state index in [-0.39, 0.29) is 40.9 Å². The Labute approximate surface area is 212 Å². The zero-order chi connectivity index (χ0) is 23.5. The van der Waals surface area contributed by atoms with Crippen LogP contribution in [0, 0.1) is 17.4 Å². The average Bonchev–Trinajstić information content (AvgIpc) is 3.53. The first-order chi connectivity index (χ1) is 16.6. The van der Waals surface area contributed by atoms with Crippen molar-refractivity contribution in [2.75, 3.05) is 13.2 Å². The molecule has 3 heterocycles. The van der Waals surface area contributed by atoms with Gasteiger partial charge in [-0.2, -0.15) is 5.26 Å². The molecule has 2 atom stereocenters. The van der Waals surface area contributed by atoms with Crippen LogP contribution in [0.4, 0.5) is 4.79 Å². The minimum Gasteiger partial charge on any atom is -0.509 e. The van der Waals surface area contributed by atoms with Gasteiger partial charge in [-0.3, -0.25) is 0 Å². The van der Waals surface area contributed by atoms with Gasteiger partial charge in [-0.25, -0.2) is 9.78 Å². The number of fused-ring (bicyclic) bond motifs is 1. The Morgan fingerprint density at radius 3 is 2.91 bits per heavy atom. The van der Waals surface area contributed by atoms with E-state index < -0.39 is 0 Å². The predicted molar refractivity (Wildman–Crippen MR) is 119 cm³/mol. The van der Waals surface area contributed by atoms with Crippen molar-refractivity contribution in [1.29, 1.82) is 5.26 Å². The molecule has 35 heavy (non-hydrogen) atoms. The van der Waals surface area contributed by atoms with Gasteiger partial charge < -0.3 is 28.9 Å². The number of aromatic nitrogens is 1.